The first-order valence-corrected chi connectivity index (χ1v) is 6.29. The maximum absolute atomic E-state index is 10.6. The van der Waals surface area contributed by atoms with Gasteiger partial charge < -0.3 is 19.3 Å². The molecule has 0 aliphatic rings. The Labute approximate surface area is 124 Å². The van der Waals surface area contributed by atoms with Gasteiger partial charge in [-0.15, -0.1) is 0 Å². The van der Waals surface area contributed by atoms with E-state index in [0.717, 1.165) is 0 Å². The van der Waals surface area contributed by atoms with Gasteiger partial charge in [0.1, 0.15) is 11.4 Å². The van der Waals surface area contributed by atoms with Crippen molar-refractivity contribution in [3.8, 4) is 23.0 Å². The van der Waals surface area contributed by atoms with Crippen molar-refractivity contribution in [3.05, 3.63) is 58.9 Å². The highest BCUT2D eigenvalue weighted by atomic mass is 16.6. The van der Waals surface area contributed by atoms with Gasteiger partial charge in [-0.3, -0.25) is 4.98 Å². The molecule has 0 amide bonds. The highest BCUT2D eigenvalue weighted by molar-refractivity contribution is 5.53. The number of aryl methyl sites for hydroxylation is 1. The summed E-state index contributed by atoms with van der Waals surface area (Å²) in [5.41, 5.74) is 0.577. The first kappa shape index (κ1) is 13.7. The molecule has 0 unspecified atom stereocenters. The summed E-state index contributed by atoms with van der Waals surface area (Å²) in [6, 6.07) is 6.09. The van der Waals surface area contributed by atoms with Crippen molar-refractivity contribution in [1.29, 1.82) is 0 Å². The summed E-state index contributed by atoms with van der Waals surface area (Å²) in [6.45, 7) is 1.74. The summed E-state index contributed by atoms with van der Waals surface area (Å²) >= 11 is 0. The third-order valence-corrected chi connectivity index (χ3v) is 2.75. The fourth-order valence-electron chi connectivity index (χ4n) is 1.77. The molecule has 8 nitrogen and oxygen atoms in total. The zero-order chi connectivity index (χ0) is 15.5. The predicted molar refractivity (Wildman–Crippen MR) is 75.4 cm³/mol. The minimum atomic E-state index is -0.569. The third kappa shape index (κ3) is 2.90. The maximum atomic E-state index is 10.6. The Balaban J connectivity index is 1.82. The number of nitrogens with zero attached hydrogens (tertiary/aromatic N) is 4. The molecule has 0 bridgehead atoms. The average Bonchev–Trinajstić information content (AvgIpc) is 2.95. The lowest BCUT2D eigenvalue weighted by Gasteiger charge is -2.04. The Morgan fingerprint density at radius 1 is 1.14 bits per heavy atom. The van der Waals surface area contributed by atoms with Crippen LogP contribution in [-0.2, 0) is 0 Å². The van der Waals surface area contributed by atoms with E-state index in [9.17, 15) is 10.1 Å². The minimum Gasteiger partial charge on any atom is -0.453 e. The fourth-order valence-corrected chi connectivity index (χ4v) is 1.77. The lowest BCUT2D eigenvalue weighted by atomic mass is 10.3. The van der Waals surface area contributed by atoms with Crippen LogP contribution in [0, 0.1) is 17.0 Å². The number of hydrogen-bond acceptors (Lipinski definition) is 7. The Morgan fingerprint density at radius 3 is 2.64 bits per heavy atom. The summed E-state index contributed by atoms with van der Waals surface area (Å²) in [7, 11) is 0. The molecule has 3 aromatic heterocycles. The average molecular weight is 298 g/mol. The molecule has 3 rings (SSSR count). The van der Waals surface area contributed by atoms with E-state index in [1.54, 1.807) is 31.5 Å². The van der Waals surface area contributed by atoms with Crippen molar-refractivity contribution < 1.29 is 14.1 Å². The standard InChI is InChI=1S/C14H10N4O4/c1-9-16-8-13(21-9)12-6-10(4-5-15-12)22-11-2-3-14(17-7-11)18(19)20/h2-8H,1H3. The molecule has 0 spiro atoms. The Bertz CT molecular complexity index is 814. The zero-order valence-corrected chi connectivity index (χ0v) is 11.5. The van der Waals surface area contributed by atoms with E-state index in [4.69, 9.17) is 9.15 Å². The molecule has 22 heavy (non-hydrogen) atoms. The lowest BCUT2D eigenvalue weighted by Crippen LogP contribution is -1.92. The van der Waals surface area contributed by atoms with Crippen molar-refractivity contribution in [1.82, 2.24) is 15.0 Å². The van der Waals surface area contributed by atoms with Gasteiger partial charge >= 0.3 is 5.82 Å². The van der Waals surface area contributed by atoms with Gasteiger partial charge in [0.25, 0.3) is 0 Å². The first-order chi connectivity index (χ1) is 10.6. The molecule has 0 saturated carbocycles. The van der Waals surface area contributed by atoms with Gasteiger partial charge in [-0.2, -0.15) is 0 Å². The summed E-state index contributed by atoms with van der Waals surface area (Å²) in [5, 5.41) is 10.6. The highest BCUT2D eigenvalue weighted by Crippen LogP contribution is 2.26. The third-order valence-electron chi connectivity index (χ3n) is 2.75. The molecular weight excluding hydrogens is 288 g/mol. The van der Waals surface area contributed by atoms with Crippen LogP contribution in [0.5, 0.6) is 11.5 Å². The largest absolute Gasteiger partial charge is 0.453 e. The number of oxazole rings is 1. The molecule has 0 atom stereocenters. The maximum Gasteiger partial charge on any atom is 0.363 e. The molecule has 0 aliphatic carbocycles. The monoisotopic (exact) mass is 298 g/mol. The van der Waals surface area contributed by atoms with Crippen molar-refractivity contribution in [2.45, 2.75) is 6.92 Å². The van der Waals surface area contributed by atoms with Crippen LogP contribution >= 0.6 is 0 Å². The Morgan fingerprint density at radius 2 is 2.00 bits per heavy atom. The van der Waals surface area contributed by atoms with Crippen LogP contribution < -0.4 is 4.74 Å². The van der Waals surface area contributed by atoms with Gasteiger partial charge in [0, 0.05) is 25.3 Å². The van der Waals surface area contributed by atoms with Crippen LogP contribution in [0.1, 0.15) is 5.89 Å². The van der Waals surface area contributed by atoms with E-state index in [0.29, 0.717) is 28.8 Å². The number of pyridine rings is 2. The fraction of sp³-hybridized carbons (Fsp3) is 0.0714. The Kier molecular flexibility index (Phi) is 3.48. The van der Waals surface area contributed by atoms with Gasteiger partial charge in [0.05, 0.1) is 6.20 Å². The summed E-state index contributed by atoms with van der Waals surface area (Å²) in [6.07, 6.45) is 4.44. The lowest BCUT2D eigenvalue weighted by molar-refractivity contribution is -0.389. The molecule has 8 heteroatoms. The molecule has 110 valence electrons. The number of hydrogen-bond donors (Lipinski definition) is 0. The molecule has 0 N–H and O–H groups in total. The second-order valence-corrected chi connectivity index (χ2v) is 4.33. The predicted octanol–water partition coefficient (Wildman–Crippen LogP) is 3.14. The summed E-state index contributed by atoms with van der Waals surface area (Å²) in [5.74, 6) is 1.73. The van der Waals surface area contributed by atoms with E-state index in [-0.39, 0.29) is 5.82 Å². The number of rotatable bonds is 4. The van der Waals surface area contributed by atoms with Crippen LogP contribution in [0.4, 0.5) is 5.82 Å². The highest BCUT2D eigenvalue weighted by Gasteiger charge is 2.10. The summed E-state index contributed by atoms with van der Waals surface area (Å²) < 4.78 is 11.0. The van der Waals surface area contributed by atoms with E-state index >= 15 is 0 Å². The smallest absolute Gasteiger partial charge is 0.363 e. The van der Waals surface area contributed by atoms with Crippen LogP contribution in [0.15, 0.2) is 47.3 Å². The Hall–Kier alpha value is -3.29. The van der Waals surface area contributed by atoms with Gasteiger partial charge in [0.2, 0.25) is 0 Å². The van der Waals surface area contributed by atoms with Gasteiger partial charge in [0.15, 0.2) is 23.6 Å². The van der Waals surface area contributed by atoms with E-state index in [2.05, 4.69) is 15.0 Å². The van der Waals surface area contributed by atoms with Crippen LogP contribution in [0.25, 0.3) is 11.5 Å². The van der Waals surface area contributed by atoms with Crippen molar-refractivity contribution in [2.24, 2.45) is 0 Å². The minimum absolute atomic E-state index is 0.236. The normalized spacial score (nSPS) is 10.4. The molecule has 0 radical (unpaired) electrons. The van der Waals surface area contributed by atoms with Crippen LogP contribution in [0.2, 0.25) is 0 Å². The zero-order valence-electron chi connectivity index (χ0n) is 11.5. The number of nitro groups is 1. The van der Waals surface area contributed by atoms with Crippen LogP contribution in [-0.4, -0.2) is 19.9 Å². The van der Waals surface area contributed by atoms with Gasteiger partial charge in [-0.1, -0.05) is 0 Å². The molecular formula is C14H10N4O4. The second kappa shape index (κ2) is 5.60. The van der Waals surface area contributed by atoms with Crippen LogP contribution in [0.3, 0.4) is 0 Å². The van der Waals surface area contributed by atoms with Crippen molar-refractivity contribution >= 4 is 5.82 Å². The molecule has 3 aromatic rings. The quantitative estimate of drug-likeness (QED) is 0.538. The number of aromatic nitrogens is 3. The molecule has 0 aliphatic heterocycles. The molecule has 0 aromatic carbocycles. The van der Waals surface area contributed by atoms with E-state index in [1.807, 2.05) is 0 Å². The molecule has 0 fully saturated rings. The van der Waals surface area contributed by atoms with Crippen molar-refractivity contribution in [2.75, 3.05) is 0 Å². The second-order valence-electron chi connectivity index (χ2n) is 4.33. The van der Waals surface area contributed by atoms with Gasteiger partial charge in [-0.05, 0) is 22.0 Å². The van der Waals surface area contributed by atoms with E-state index in [1.165, 1.54) is 18.3 Å². The molecule has 3 heterocycles. The topological polar surface area (TPSA) is 104 Å². The summed E-state index contributed by atoms with van der Waals surface area (Å²) in [4.78, 5) is 21.9. The molecule has 0 saturated heterocycles. The SMILES string of the molecule is Cc1ncc(-c2cc(Oc3ccc([N+](=O)[O-])nc3)ccn2)o1. The number of ether oxygens (including phenoxy) is 1. The van der Waals surface area contributed by atoms with E-state index < -0.39 is 4.92 Å². The van der Waals surface area contributed by atoms with Gasteiger partial charge in [-0.25, -0.2) is 4.98 Å². The first-order valence-electron chi connectivity index (χ1n) is 6.29. The van der Waals surface area contributed by atoms with Crippen molar-refractivity contribution in [3.63, 3.8) is 0 Å².